The largest absolute Gasteiger partial charge is 0.460 e. The average molecular weight is 738 g/mol. The molecule has 2 heterocycles. The minimum atomic E-state index is -0.790. The van der Waals surface area contributed by atoms with Gasteiger partial charge in [-0.1, -0.05) is 24.3 Å². The molecule has 15 nitrogen and oxygen atoms in total. The van der Waals surface area contributed by atoms with Gasteiger partial charge in [0, 0.05) is 49.8 Å². The van der Waals surface area contributed by atoms with Crippen molar-refractivity contribution < 1.29 is 19.1 Å². The van der Waals surface area contributed by atoms with Crippen LogP contribution >= 0.6 is 0 Å². The van der Waals surface area contributed by atoms with Crippen LogP contribution in [0.4, 0.5) is 17.5 Å². The molecule has 2 aromatic heterocycles. The second-order valence-electron chi connectivity index (χ2n) is 14.4. The highest BCUT2D eigenvalue weighted by Crippen LogP contribution is 2.23. The second-order valence-corrected chi connectivity index (χ2v) is 14.4. The van der Waals surface area contributed by atoms with E-state index in [1.165, 1.54) is 0 Å². The smallest absolute Gasteiger partial charge is 0.309 e. The third kappa shape index (κ3) is 12.9. The van der Waals surface area contributed by atoms with Crippen molar-refractivity contribution in [2.75, 3.05) is 30.0 Å². The van der Waals surface area contributed by atoms with Crippen LogP contribution < -0.4 is 27.4 Å². The summed E-state index contributed by atoms with van der Waals surface area (Å²) >= 11 is 0. The van der Waals surface area contributed by atoms with Crippen molar-refractivity contribution in [3.63, 3.8) is 0 Å². The Morgan fingerprint density at radius 2 is 1.59 bits per heavy atom. The summed E-state index contributed by atoms with van der Waals surface area (Å²) in [5.41, 5.74) is 21.5. The van der Waals surface area contributed by atoms with Gasteiger partial charge >= 0.3 is 5.97 Å². The maximum absolute atomic E-state index is 13.4. The predicted molar refractivity (Wildman–Crippen MR) is 210 cm³/mol. The molecule has 0 aliphatic rings. The van der Waals surface area contributed by atoms with Crippen LogP contribution in [0.25, 0.3) is 11.2 Å². The second kappa shape index (κ2) is 18.7. The molecule has 0 aliphatic heterocycles. The summed E-state index contributed by atoms with van der Waals surface area (Å²) in [5.74, 6) is -1.55. The van der Waals surface area contributed by atoms with Crippen molar-refractivity contribution in [3.8, 4) is 0 Å². The normalized spacial score (nSPS) is 11.9. The fourth-order valence-electron chi connectivity index (χ4n) is 5.76. The van der Waals surface area contributed by atoms with E-state index in [9.17, 15) is 14.4 Å². The molecule has 1 atom stereocenters. The number of hydrogen-bond acceptors (Lipinski definition) is 13. The van der Waals surface area contributed by atoms with Gasteiger partial charge in [-0.25, -0.2) is 9.97 Å². The molecule has 0 saturated carbocycles. The number of amides is 1. The summed E-state index contributed by atoms with van der Waals surface area (Å²) in [7, 11) is 1.88. The van der Waals surface area contributed by atoms with E-state index in [2.05, 4.69) is 25.3 Å². The van der Waals surface area contributed by atoms with E-state index in [1.54, 1.807) is 39.1 Å². The lowest BCUT2D eigenvalue weighted by atomic mass is 9.93. The molecule has 0 bridgehead atoms. The average Bonchev–Trinajstić information content (AvgIpc) is 3.09. The Hall–Kier alpha value is -5.99. The highest BCUT2D eigenvalue weighted by Gasteiger charge is 2.28. The third-order valence-electron chi connectivity index (χ3n) is 8.53. The van der Waals surface area contributed by atoms with Crippen LogP contribution in [-0.2, 0) is 33.7 Å². The molecule has 2 aromatic carbocycles. The molecule has 4 aromatic rings. The number of Topliss-reactive ketones (excluding diaryl/α,β-unsaturated/α-hetero) is 1. The lowest BCUT2D eigenvalue weighted by molar-refractivity contribution is -0.160. The van der Waals surface area contributed by atoms with Crippen LogP contribution in [0.15, 0.2) is 54.7 Å². The number of rotatable bonds is 19. The lowest BCUT2D eigenvalue weighted by Gasteiger charge is -2.24. The number of nitrogens with one attached hydrogen (secondary N) is 3. The summed E-state index contributed by atoms with van der Waals surface area (Å²) in [6.07, 6.45) is 4.85. The molecule has 0 fully saturated rings. The van der Waals surface area contributed by atoms with Gasteiger partial charge in [-0.15, -0.1) is 0 Å². The zero-order chi connectivity index (χ0) is 39.4. The maximum atomic E-state index is 13.4. The molecule has 9 N–H and O–H groups in total. The number of benzene rings is 2. The quantitative estimate of drug-likeness (QED) is 0.0335. The zero-order valence-electron chi connectivity index (χ0n) is 31.4. The molecule has 0 radical (unpaired) electrons. The number of esters is 1. The van der Waals surface area contributed by atoms with Crippen molar-refractivity contribution in [2.24, 2.45) is 11.7 Å². The Morgan fingerprint density at radius 3 is 2.24 bits per heavy atom. The summed E-state index contributed by atoms with van der Waals surface area (Å²) in [5, 5.41) is 18.1. The number of ether oxygens (including phenoxy) is 1. The van der Waals surface area contributed by atoms with Crippen LogP contribution in [0, 0.1) is 16.7 Å². The number of fused-ring (bicyclic) bond motifs is 1. The SMILES string of the molecule is CN(Cc1cnc2nc(N)nc(N)c2n1)c1ccc(C(=O)C[C@@H](CCC(=O)NCCc2ccc(CCCC(=N)CC(=N)N)cc2)C(=O)OC(C)(C)C)cc1. The van der Waals surface area contributed by atoms with E-state index in [1.807, 2.05) is 48.3 Å². The zero-order valence-corrected chi connectivity index (χ0v) is 31.4. The van der Waals surface area contributed by atoms with E-state index in [0.29, 0.717) is 54.1 Å². The topological polar surface area (TPSA) is 253 Å². The van der Waals surface area contributed by atoms with Gasteiger partial charge in [-0.05, 0) is 88.3 Å². The first-order chi connectivity index (χ1) is 25.6. The number of amidine groups is 1. The van der Waals surface area contributed by atoms with Crippen LogP contribution in [0.5, 0.6) is 0 Å². The van der Waals surface area contributed by atoms with E-state index in [0.717, 1.165) is 29.7 Å². The van der Waals surface area contributed by atoms with Crippen LogP contribution in [0.1, 0.15) is 86.5 Å². The third-order valence-corrected chi connectivity index (χ3v) is 8.53. The highest BCUT2D eigenvalue weighted by atomic mass is 16.6. The van der Waals surface area contributed by atoms with E-state index < -0.39 is 17.5 Å². The van der Waals surface area contributed by atoms with Crippen molar-refractivity contribution in [3.05, 3.63) is 77.1 Å². The van der Waals surface area contributed by atoms with Crippen molar-refractivity contribution >= 4 is 57.8 Å². The number of anilines is 3. The van der Waals surface area contributed by atoms with Crippen molar-refractivity contribution in [1.82, 2.24) is 25.3 Å². The fourth-order valence-corrected chi connectivity index (χ4v) is 5.76. The fraction of sp³-hybridized carbons (Fsp3) is 0.410. The predicted octanol–water partition coefficient (Wildman–Crippen LogP) is 4.56. The number of aryl methyl sites for hydroxylation is 1. The molecule has 0 spiro atoms. The van der Waals surface area contributed by atoms with Gasteiger partial charge in [-0.3, -0.25) is 19.8 Å². The number of nitrogen functional groups attached to an aromatic ring is 2. The van der Waals surface area contributed by atoms with Gasteiger partial charge in [0.1, 0.15) is 5.60 Å². The molecule has 4 rings (SSSR count). The van der Waals surface area contributed by atoms with E-state index in [4.69, 9.17) is 32.8 Å². The molecule has 54 heavy (non-hydrogen) atoms. The Morgan fingerprint density at radius 1 is 0.926 bits per heavy atom. The van der Waals surface area contributed by atoms with Gasteiger partial charge in [0.05, 0.1) is 30.2 Å². The Balaban J connectivity index is 1.27. The summed E-state index contributed by atoms with van der Waals surface area (Å²) in [6.45, 7) is 6.13. The molecule has 0 unspecified atom stereocenters. The number of aromatic nitrogens is 4. The first-order valence-electron chi connectivity index (χ1n) is 17.9. The van der Waals surface area contributed by atoms with Crippen molar-refractivity contribution in [1.29, 1.82) is 10.8 Å². The number of carbonyl (C=O) groups is 3. The summed E-state index contributed by atoms with van der Waals surface area (Å²) in [4.78, 5) is 58.2. The van der Waals surface area contributed by atoms with Gasteiger partial charge < -0.3 is 37.6 Å². The molecule has 286 valence electrons. The summed E-state index contributed by atoms with van der Waals surface area (Å²) < 4.78 is 5.63. The Kier molecular flexibility index (Phi) is 14.1. The van der Waals surface area contributed by atoms with Gasteiger partial charge in [-0.2, -0.15) is 9.97 Å². The maximum Gasteiger partial charge on any atom is 0.309 e. The van der Waals surface area contributed by atoms with Crippen molar-refractivity contribution in [2.45, 2.75) is 84.3 Å². The molecule has 1 amide bonds. The monoisotopic (exact) mass is 737 g/mol. The molecule has 0 saturated heterocycles. The number of carbonyl (C=O) groups excluding carboxylic acids is 3. The van der Waals surface area contributed by atoms with Crippen LogP contribution in [-0.4, -0.2) is 68.3 Å². The first-order valence-corrected chi connectivity index (χ1v) is 17.9. The van der Waals surface area contributed by atoms with Crippen LogP contribution in [0.2, 0.25) is 0 Å². The number of nitrogens with two attached hydrogens (primary N) is 3. The minimum absolute atomic E-state index is 0.0134. The molecular formula is C39H51N11O4. The van der Waals surface area contributed by atoms with E-state index >= 15 is 0 Å². The molecule has 15 heteroatoms. The van der Waals surface area contributed by atoms with E-state index in [-0.39, 0.29) is 55.0 Å². The summed E-state index contributed by atoms with van der Waals surface area (Å²) in [6, 6.07) is 15.2. The molecule has 0 aliphatic carbocycles. The van der Waals surface area contributed by atoms with Crippen LogP contribution in [0.3, 0.4) is 0 Å². The number of nitrogens with zero attached hydrogens (tertiary/aromatic N) is 5. The standard InChI is InChI=1S/C39H51N11O4/c1-39(2,3)54-37(53)27(14-17-33(52)45-19-18-25-10-8-24(9-11-25)6-5-7-28(40)21-32(41)42)20-31(51)26-12-15-30(16-13-26)50(4)23-29-22-46-36-34(47-29)35(43)48-38(44)49-36/h8-13,15-16,22,27,40H,5-7,14,17-21,23H2,1-4H3,(H3,41,42)(H,45,52)(H4,43,44,46,48,49)/t27-/m1/s1. The highest BCUT2D eigenvalue weighted by molar-refractivity contribution is 6.00. The number of hydrogen-bond donors (Lipinski definition) is 6. The van der Waals surface area contributed by atoms with Gasteiger partial charge in [0.15, 0.2) is 22.8 Å². The number of ketones is 1. The van der Waals surface area contributed by atoms with Gasteiger partial charge in [0.2, 0.25) is 11.9 Å². The Labute approximate surface area is 315 Å². The molecular weight excluding hydrogens is 687 g/mol. The lowest BCUT2D eigenvalue weighted by Crippen LogP contribution is -2.31. The van der Waals surface area contributed by atoms with Gasteiger partial charge in [0.25, 0.3) is 0 Å². The Bertz CT molecular complexity index is 1960. The minimum Gasteiger partial charge on any atom is -0.460 e. The first kappa shape index (κ1) is 40.8.